The molecule has 2 N–H and O–H groups in total. The van der Waals surface area contributed by atoms with Gasteiger partial charge in [-0.3, -0.25) is 14.5 Å². The number of halogens is 1. The lowest BCUT2D eigenvalue weighted by molar-refractivity contribution is -0.128. The molecule has 1 aromatic carbocycles. The Labute approximate surface area is 154 Å². The Kier molecular flexibility index (Phi) is 6.30. The lowest BCUT2D eigenvalue weighted by Crippen LogP contribution is -2.50. The van der Waals surface area contributed by atoms with E-state index in [1.54, 1.807) is 13.0 Å². The molecule has 1 fully saturated rings. The van der Waals surface area contributed by atoms with Gasteiger partial charge < -0.3 is 15.4 Å². The molecule has 0 bridgehead atoms. The molecular formula is C18H26ClN3O3. The van der Waals surface area contributed by atoms with Crippen LogP contribution in [0.1, 0.15) is 26.7 Å². The molecule has 0 radical (unpaired) electrons. The molecule has 2 aliphatic rings. The molecule has 0 aromatic heterocycles. The molecule has 3 rings (SSSR count). The van der Waals surface area contributed by atoms with E-state index in [1.807, 2.05) is 18.2 Å². The zero-order valence-corrected chi connectivity index (χ0v) is 15.5. The zero-order chi connectivity index (χ0) is 17.2. The fourth-order valence-electron chi connectivity index (χ4n) is 3.24. The van der Waals surface area contributed by atoms with Gasteiger partial charge in [-0.15, -0.1) is 12.4 Å². The van der Waals surface area contributed by atoms with Crippen molar-refractivity contribution in [3.8, 4) is 5.75 Å². The van der Waals surface area contributed by atoms with Gasteiger partial charge in [0.15, 0.2) is 6.10 Å². The van der Waals surface area contributed by atoms with Crippen LogP contribution in [0.2, 0.25) is 0 Å². The number of fused-ring (bicyclic) bond motifs is 1. The van der Waals surface area contributed by atoms with Crippen molar-refractivity contribution in [2.24, 2.45) is 5.41 Å². The number of ether oxygens (including phenoxy) is 1. The normalized spacial score (nSPS) is 21.6. The zero-order valence-electron chi connectivity index (χ0n) is 14.7. The smallest absolute Gasteiger partial charge is 0.268 e. The van der Waals surface area contributed by atoms with E-state index in [2.05, 4.69) is 17.6 Å². The second-order valence-electron chi connectivity index (χ2n) is 6.99. The van der Waals surface area contributed by atoms with Crippen LogP contribution in [-0.2, 0) is 9.59 Å². The van der Waals surface area contributed by atoms with Gasteiger partial charge in [-0.1, -0.05) is 19.1 Å². The Morgan fingerprint density at radius 3 is 2.76 bits per heavy atom. The molecule has 1 saturated heterocycles. The van der Waals surface area contributed by atoms with Crippen LogP contribution in [0, 0.1) is 5.41 Å². The minimum absolute atomic E-state index is 0. The summed E-state index contributed by atoms with van der Waals surface area (Å²) >= 11 is 0. The van der Waals surface area contributed by atoms with Crippen LogP contribution in [0.4, 0.5) is 5.69 Å². The second-order valence-corrected chi connectivity index (χ2v) is 6.99. The molecular weight excluding hydrogens is 342 g/mol. The van der Waals surface area contributed by atoms with E-state index in [-0.39, 0.29) is 36.2 Å². The van der Waals surface area contributed by atoms with Crippen molar-refractivity contribution in [3.05, 3.63) is 24.3 Å². The summed E-state index contributed by atoms with van der Waals surface area (Å²) in [7, 11) is 0. The fraction of sp³-hybridized carbons (Fsp3) is 0.556. The van der Waals surface area contributed by atoms with E-state index < -0.39 is 6.10 Å². The summed E-state index contributed by atoms with van der Waals surface area (Å²) < 4.78 is 5.60. The van der Waals surface area contributed by atoms with Gasteiger partial charge in [0, 0.05) is 6.54 Å². The van der Waals surface area contributed by atoms with E-state index in [1.165, 1.54) is 4.90 Å². The van der Waals surface area contributed by atoms with Crippen molar-refractivity contribution >= 4 is 29.9 Å². The molecule has 25 heavy (non-hydrogen) atoms. The molecule has 138 valence electrons. The Morgan fingerprint density at radius 1 is 1.36 bits per heavy atom. The van der Waals surface area contributed by atoms with Gasteiger partial charge in [-0.25, -0.2) is 0 Å². The van der Waals surface area contributed by atoms with E-state index in [0.29, 0.717) is 18.0 Å². The highest BCUT2D eigenvalue weighted by atomic mass is 35.5. The molecule has 6 nitrogen and oxygen atoms in total. The van der Waals surface area contributed by atoms with E-state index >= 15 is 0 Å². The monoisotopic (exact) mass is 367 g/mol. The van der Waals surface area contributed by atoms with Gasteiger partial charge in [0.25, 0.3) is 5.91 Å². The van der Waals surface area contributed by atoms with Gasteiger partial charge in [0.1, 0.15) is 12.3 Å². The van der Waals surface area contributed by atoms with Crippen molar-refractivity contribution in [2.45, 2.75) is 32.8 Å². The Balaban J connectivity index is 0.00000225. The maximum absolute atomic E-state index is 12.4. The first kappa shape index (κ1) is 19.5. The van der Waals surface area contributed by atoms with Crippen LogP contribution in [-0.4, -0.2) is 44.1 Å². The lowest BCUT2D eigenvalue weighted by atomic mass is 9.81. The Morgan fingerprint density at radius 2 is 2.04 bits per heavy atom. The van der Waals surface area contributed by atoms with Crippen molar-refractivity contribution in [3.63, 3.8) is 0 Å². The van der Waals surface area contributed by atoms with Crippen molar-refractivity contribution < 1.29 is 14.3 Å². The summed E-state index contributed by atoms with van der Waals surface area (Å²) in [4.78, 5) is 26.3. The highest BCUT2D eigenvalue weighted by Crippen LogP contribution is 2.33. The number of amides is 2. The molecule has 7 heteroatoms. The van der Waals surface area contributed by atoms with Crippen molar-refractivity contribution in [1.29, 1.82) is 0 Å². The summed E-state index contributed by atoms with van der Waals surface area (Å²) in [6.07, 6.45) is 1.52. The predicted molar refractivity (Wildman–Crippen MR) is 99.4 cm³/mol. The molecule has 0 aliphatic carbocycles. The summed E-state index contributed by atoms with van der Waals surface area (Å²) in [5.41, 5.74) is 0.782. The summed E-state index contributed by atoms with van der Waals surface area (Å²) in [6.45, 7) is 6.55. The predicted octanol–water partition coefficient (Wildman–Crippen LogP) is 1.73. The van der Waals surface area contributed by atoms with Crippen LogP contribution in [0.5, 0.6) is 5.75 Å². The third-order valence-electron chi connectivity index (χ3n) is 4.90. The molecule has 2 amide bonds. The number of nitrogens with one attached hydrogen (secondary N) is 2. The largest absolute Gasteiger partial charge is 0.479 e. The number of piperidine rings is 1. The number of nitrogens with zero attached hydrogens (tertiary/aromatic N) is 1. The summed E-state index contributed by atoms with van der Waals surface area (Å²) in [6, 6.07) is 7.32. The van der Waals surface area contributed by atoms with Crippen molar-refractivity contribution in [1.82, 2.24) is 10.6 Å². The number of benzene rings is 1. The molecule has 2 heterocycles. The maximum atomic E-state index is 12.4. The number of rotatable bonds is 4. The van der Waals surface area contributed by atoms with E-state index in [9.17, 15) is 9.59 Å². The second kappa shape index (κ2) is 8.06. The van der Waals surface area contributed by atoms with Gasteiger partial charge in [-0.2, -0.15) is 0 Å². The van der Waals surface area contributed by atoms with Gasteiger partial charge in [-0.05, 0) is 50.4 Å². The molecule has 1 unspecified atom stereocenters. The first-order valence-corrected chi connectivity index (χ1v) is 8.53. The van der Waals surface area contributed by atoms with E-state index in [0.717, 1.165) is 25.9 Å². The van der Waals surface area contributed by atoms with Crippen LogP contribution in [0.25, 0.3) is 0 Å². The number of hydrogen-bond donors (Lipinski definition) is 2. The van der Waals surface area contributed by atoms with E-state index in [4.69, 9.17) is 4.74 Å². The fourth-order valence-corrected chi connectivity index (χ4v) is 3.24. The van der Waals surface area contributed by atoms with Crippen LogP contribution in [0.15, 0.2) is 24.3 Å². The molecule has 2 aliphatic heterocycles. The standard InChI is InChI=1S/C18H25N3O3.ClH/c1-13-17(23)21(14-5-3-4-6-15(14)24-13)11-16(22)20-12-18(2)7-9-19-10-8-18;/h3-6,13,19H,7-12H2,1-2H3,(H,20,22);1H. The minimum atomic E-state index is -0.574. The third kappa shape index (κ3) is 4.44. The average Bonchev–Trinajstić information content (AvgIpc) is 2.58. The highest BCUT2D eigenvalue weighted by molar-refractivity contribution is 6.03. The number of carbonyl (C=O) groups excluding carboxylic acids is 2. The summed E-state index contributed by atoms with van der Waals surface area (Å²) in [5.74, 6) is 0.326. The van der Waals surface area contributed by atoms with Gasteiger partial charge in [0.2, 0.25) is 5.91 Å². The topological polar surface area (TPSA) is 70.7 Å². The Hall–Kier alpha value is -1.79. The molecule has 0 saturated carbocycles. The van der Waals surface area contributed by atoms with Crippen LogP contribution in [0.3, 0.4) is 0 Å². The SMILES string of the molecule is CC1Oc2ccccc2N(CC(=O)NCC2(C)CCNCC2)C1=O.Cl. The molecule has 1 aromatic rings. The number of anilines is 1. The average molecular weight is 368 g/mol. The quantitative estimate of drug-likeness (QED) is 0.850. The number of hydrogen-bond acceptors (Lipinski definition) is 4. The van der Waals surface area contributed by atoms with Crippen LogP contribution >= 0.6 is 12.4 Å². The Bertz CT molecular complexity index is 632. The minimum Gasteiger partial charge on any atom is -0.479 e. The first-order valence-electron chi connectivity index (χ1n) is 8.53. The first-order chi connectivity index (χ1) is 11.5. The number of para-hydroxylation sites is 2. The van der Waals surface area contributed by atoms with Gasteiger partial charge in [0.05, 0.1) is 5.69 Å². The van der Waals surface area contributed by atoms with Crippen LogP contribution < -0.4 is 20.3 Å². The lowest BCUT2D eigenvalue weighted by Gasteiger charge is -2.35. The van der Waals surface area contributed by atoms with Crippen molar-refractivity contribution in [2.75, 3.05) is 31.1 Å². The van der Waals surface area contributed by atoms with Gasteiger partial charge >= 0.3 is 0 Å². The molecule has 1 atom stereocenters. The highest BCUT2D eigenvalue weighted by Gasteiger charge is 2.33. The molecule has 0 spiro atoms. The summed E-state index contributed by atoms with van der Waals surface area (Å²) in [5, 5.41) is 6.34. The third-order valence-corrected chi connectivity index (χ3v) is 4.90. The maximum Gasteiger partial charge on any atom is 0.268 e. The number of carbonyl (C=O) groups is 2.